The molecule has 2 fully saturated rings. The highest BCUT2D eigenvalue weighted by Crippen LogP contribution is 2.30. The van der Waals surface area contributed by atoms with Gasteiger partial charge in [0.2, 0.25) is 0 Å². The molecule has 0 aromatic heterocycles. The highest BCUT2D eigenvalue weighted by molar-refractivity contribution is 5.69. The number of amides is 1. The van der Waals surface area contributed by atoms with Crippen molar-refractivity contribution in [2.24, 2.45) is 0 Å². The highest BCUT2D eigenvalue weighted by Gasteiger charge is 2.44. The molecule has 2 bridgehead atoms. The van der Waals surface area contributed by atoms with Gasteiger partial charge < -0.3 is 9.64 Å². The molecule has 4 nitrogen and oxygen atoms in total. The first kappa shape index (κ1) is 10.7. The van der Waals surface area contributed by atoms with Crippen LogP contribution in [0, 0.1) is 0 Å². The van der Waals surface area contributed by atoms with Crippen LogP contribution in [0.3, 0.4) is 0 Å². The van der Waals surface area contributed by atoms with Crippen molar-refractivity contribution in [1.29, 1.82) is 0 Å². The third kappa shape index (κ3) is 2.09. The van der Waals surface area contributed by atoms with Gasteiger partial charge in [0.05, 0.1) is 0 Å². The largest absolute Gasteiger partial charge is 0.444 e. The minimum atomic E-state index is -0.384. The molecule has 0 saturated carbocycles. The second-order valence-corrected chi connectivity index (χ2v) is 5.62. The van der Waals surface area contributed by atoms with Crippen LogP contribution in [0.15, 0.2) is 0 Å². The summed E-state index contributed by atoms with van der Waals surface area (Å²) in [6.45, 7) is 7.54. The first-order valence-electron chi connectivity index (χ1n) is 5.57. The van der Waals surface area contributed by atoms with E-state index < -0.39 is 0 Å². The first-order valence-corrected chi connectivity index (χ1v) is 5.57. The number of nitrogens with zero attached hydrogens (tertiary/aromatic N) is 2. The Morgan fingerprint density at radius 1 is 1.27 bits per heavy atom. The SMILES string of the molecule is CN1C[C@@H]2C[C@@H]1CN2C(=O)OC(C)(C)C. The fourth-order valence-corrected chi connectivity index (χ4v) is 2.41. The van der Waals surface area contributed by atoms with Gasteiger partial charge in [0.1, 0.15) is 5.60 Å². The highest BCUT2D eigenvalue weighted by atomic mass is 16.6. The summed E-state index contributed by atoms with van der Waals surface area (Å²) < 4.78 is 5.38. The summed E-state index contributed by atoms with van der Waals surface area (Å²) in [5, 5.41) is 0. The summed E-state index contributed by atoms with van der Waals surface area (Å²) in [4.78, 5) is 16.1. The van der Waals surface area contributed by atoms with Crippen molar-refractivity contribution in [3.05, 3.63) is 0 Å². The summed E-state index contributed by atoms with van der Waals surface area (Å²) in [5.74, 6) is 0. The number of piperazine rings is 1. The van der Waals surface area contributed by atoms with Crippen LogP contribution in [-0.4, -0.2) is 53.7 Å². The zero-order valence-corrected chi connectivity index (χ0v) is 9.99. The van der Waals surface area contributed by atoms with Crippen LogP contribution in [0.5, 0.6) is 0 Å². The van der Waals surface area contributed by atoms with Crippen LogP contribution in [0.25, 0.3) is 0 Å². The van der Waals surface area contributed by atoms with Gasteiger partial charge >= 0.3 is 6.09 Å². The molecule has 0 aromatic rings. The van der Waals surface area contributed by atoms with Gasteiger partial charge in [-0.1, -0.05) is 0 Å². The molecule has 0 spiro atoms. The van der Waals surface area contributed by atoms with Gasteiger partial charge in [-0.2, -0.15) is 0 Å². The van der Waals surface area contributed by atoms with Crippen molar-refractivity contribution in [3.8, 4) is 0 Å². The van der Waals surface area contributed by atoms with Crippen molar-refractivity contribution in [2.45, 2.75) is 44.9 Å². The molecule has 0 N–H and O–H groups in total. The normalized spacial score (nSPS) is 31.1. The average Bonchev–Trinajstić information content (AvgIpc) is 2.58. The Kier molecular flexibility index (Phi) is 2.41. The summed E-state index contributed by atoms with van der Waals surface area (Å²) in [7, 11) is 2.12. The molecule has 1 amide bonds. The van der Waals surface area contributed by atoms with Gasteiger partial charge in [0, 0.05) is 25.2 Å². The number of likely N-dealkylation sites (N-methyl/N-ethyl adjacent to an activating group) is 1. The maximum absolute atomic E-state index is 11.8. The lowest BCUT2D eigenvalue weighted by atomic mass is 10.2. The first-order chi connectivity index (χ1) is 6.87. The minimum Gasteiger partial charge on any atom is -0.444 e. The Labute approximate surface area is 91.2 Å². The van der Waals surface area contributed by atoms with E-state index in [1.165, 1.54) is 0 Å². The quantitative estimate of drug-likeness (QED) is 0.607. The number of carbonyl (C=O) groups excluding carboxylic acids is 1. The minimum absolute atomic E-state index is 0.150. The molecule has 2 aliphatic heterocycles. The van der Waals surface area contributed by atoms with Crippen molar-refractivity contribution in [3.63, 3.8) is 0 Å². The lowest BCUT2D eigenvalue weighted by molar-refractivity contribution is 0.0147. The molecule has 2 aliphatic rings. The lowest BCUT2D eigenvalue weighted by Gasteiger charge is -2.33. The lowest BCUT2D eigenvalue weighted by Crippen LogP contribution is -2.48. The van der Waals surface area contributed by atoms with E-state index in [-0.39, 0.29) is 11.7 Å². The van der Waals surface area contributed by atoms with Crippen molar-refractivity contribution in [1.82, 2.24) is 9.80 Å². The third-order valence-corrected chi connectivity index (χ3v) is 3.14. The summed E-state index contributed by atoms with van der Waals surface area (Å²) in [6.07, 6.45) is 0.957. The van der Waals surface area contributed by atoms with E-state index in [0.29, 0.717) is 12.1 Å². The van der Waals surface area contributed by atoms with E-state index >= 15 is 0 Å². The van der Waals surface area contributed by atoms with Gasteiger partial charge in [-0.3, -0.25) is 4.90 Å². The molecule has 0 aromatic carbocycles. The summed E-state index contributed by atoms with van der Waals surface area (Å²) in [5.41, 5.74) is -0.384. The van der Waals surface area contributed by atoms with Crippen LogP contribution in [0.1, 0.15) is 27.2 Å². The van der Waals surface area contributed by atoms with Crippen LogP contribution in [0.4, 0.5) is 4.79 Å². The molecule has 2 heterocycles. The zero-order chi connectivity index (χ0) is 11.2. The van der Waals surface area contributed by atoms with E-state index in [1.54, 1.807) is 0 Å². The Morgan fingerprint density at radius 2 is 1.93 bits per heavy atom. The predicted molar refractivity (Wildman–Crippen MR) is 57.8 cm³/mol. The Balaban J connectivity index is 1.94. The predicted octanol–water partition coefficient (Wildman–Crippen LogP) is 1.31. The van der Waals surface area contributed by atoms with E-state index in [0.717, 1.165) is 19.5 Å². The summed E-state index contributed by atoms with van der Waals surface area (Å²) in [6, 6.07) is 0.914. The third-order valence-electron chi connectivity index (χ3n) is 3.14. The Bertz CT molecular complexity index is 270. The molecule has 0 unspecified atom stereocenters. The van der Waals surface area contributed by atoms with E-state index in [1.807, 2.05) is 25.7 Å². The van der Waals surface area contributed by atoms with Gasteiger partial charge in [0.25, 0.3) is 0 Å². The smallest absolute Gasteiger partial charge is 0.410 e. The Morgan fingerprint density at radius 3 is 2.33 bits per heavy atom. The second kappa shape index (κ2) is 3.37. The molecule has 0 aliphatic carbocycles. The molecular formula is C11H20N2O2. The van der Waals surface area contributed by atoms with Crippen LogP contribution >= 0.6 is 0 Å². The average molecular weight is 212 g/mol. The number of fused-ring (bicyclic) bond motifs is 2. The number of hydrogen-bond donors (Lipinski definition) is 0. The van der Waals surface area contributed by atoms with Crippen molar-refractivity contribution < 1.29 is 9.53 Å². The second-order valence-electron chi connectivity index (χ2n) is 5.62. The molecule has 0 radical (unpaired) electrons. The Hall–Kier alpha value is -0.770. The summed E-state index contributed by atoms with van der Waals surface area (Å²) >= 11 is 0. The van der Waals surface area contributed by atoms with Crippen molar-refractivity contribution >= 4 is 6.09 Å². The number of hydrogen-bond acceptors (Lipinski definition) is 3. The molecule has 2 rings (SSSR count). The van der Waals surface area contributed by atoms with Crippen LogP contribution in [-0.2, 0) is 4.74 Å². The molecule has 86 valence electrons. The van der Waals surface area contributed by atoms with Gasteiger partial charge in [0.15, 0.2) is 0 Å². The van der Waals surface area contributed by atoms with Gasteiger partial charge in [-0.05, 0) is 34.2 Å². The fraction of sp³-hybridized carbons (Fsp3) is 0.909. The molecule has 15 heavy (non-hydrogen) atoms. The molecule has 2 atom stereocenters. The topological polar surface area (TPSA) is 32.8 Å². The maximum Gasteiger partial charge on any atom is 0.410 e. The zero-order valence-electron chi connectivity index (χ0n) is 9.99. The van der Waals surface area contributed by atoms with Crippen molar-refractivity contribution in [2.75, 3.05) is 20.1 Å². The van der Waals surface area contributed by atoms with E-state index in [4.69, 9.17) is 4.74 Å². The number of carbonyl (C=O) groups is 1. The monoisotopic (exact) mass is 212 g/mol. The fourth-order valence-electron chi connectivity index (χ4n) is 2.41. The van der Waals surface area contributed by atoms with E-state index in [9.17, 15) is 4.79 Å². The van der Waals surface area contributed by atoms with Gasteiger partial charge in [-0.15, -0.1) is 0 Å². The molecule has 2 saturated heterocycles. The van der Waals surface area contributed by atoms with E-state index in [2.05, 4.69) is 11.9 Å². The number of ether oxygens (including phenoxy) is 1. The maximum atomic E-state index is 11.8. The number of rotatable bonds is 0. The van der Waals surface area contributed by atoms with Gasteiger partial charge in [-0.25, -0.2) is 4.79 Å². The standard InChI is InChI=1S/C11H20N2O2/c1-11(2,3)15-10(14)13-7-8-5-9(13)6-12(8)4/h8-9H,5-7H2,1-4H3/t8-,9+/m1/s1. The molecular weight excluding hydrogens is 192 g/mol. The van der Waals surface area contributed by atoms with Crippen LogP contribution < -0.4 is 0 Å². The molecule has 4 heteroatoms. The van der Waals surface area contributed by atoms with Crippen LogP contribution in [0.2, 0.25) is 0 Å². The number of likely N-dealkylation sites (tertiary alicyclic amines) is 2.